The number of piperidine rings is 1. The normalized spacial score (nSPS) is 15.1. The van der Waals surface area contributed by atoms with Crippen molar-refractivity contribution in [2.24, 2.45) is 0 Å². The first-order valence-electron chi connectivity index (χ1n) is 9.08. The molecule has 0 saturated carbocycles. The summed E-state index contributed by atoms with van der Waals surface area (Å²) in [5.41, 5.74) is 0.813. The predicted octanol–water partition coefficient (Wildman–Crippen LogP) is 4.17. The molecule has 0 N–H and O–H groups in total. The van der Waals surface area contributed by atoms with Crippen molar-refractivity contribution in [3.63, 3.8) is 0 Å². The average molecular weight is 367 g/mol. The smallest absolute Gasteiger partial charge is 0.161 e. The van der Waals surface area contributed by atoms with Crippen LogP contribution in [0.2, 0.25) is 0 Å². The van der Waals surface area contributed by atoms with Gasteiger partial charge in [-0.2, -0.15) is 5.10 Å². The first kappa shape index (κ1) is 17.5. The summed E-state index contributed by atoms with van der Waals surface area (Å²) < 4.78 is 24.9. The van der Waals surface area contributed by atoms with Crippen LogP contribution in [0.4, 0.5) is 10.2 Å². The van der Waals surface area contributed by atoms with Gasteiger partial charge in [0, 0.05) is 23.9 Å². The minimum atomic E-state index is -0.113. The van der Waals surface area contributed by atoms with Crippen molar-refractivity contribution in [2.45, 2.75) is 18.8 Å². The zero-order valence-electron chi connectivity index (χ0n) is 15.5. The summed E-state index contributed by atoms with van der Waals surface area (Å²) in [6.07, 6.45) is 3.49. The summed E-state index contributed by atoms with van der Waals surface area (Å²) in [5, 5.41) is 10.5. The zero-order chi connectivity index (χ0) is 18.8. The van der Waals surface area contributed by atoms with Gasteiger partial charge < -0.3 is 14.4 Å². The quantitative estimate of drug-likeness (QED) is 0.693. The molecule has 1 aliphatic rings. The number of aromatic nitrogens is 2. The van der Waals surface area contributed by atoms with Crippen molar-refractivity contribution >= 4 is 16.6 Å². The Morgan fingerprint density at radius 2 is 1.74 bits per heavy atom. The van der Waals surface area contributed by atoms with Crippen molar-refractivity contribution in [3.05, 3.63) is 54.0 Å². The van der Waals surface area contributed by atoms with E-state index in [0.29, 0.717) is 11.5 Å². The average Bonchev–Trinajstić information content (AvgIpc) is 2.72. The van der Waals surface area contributed by atoms with Gasteiger partial charge in [0.15, 0.2) is 17.3 Å². The summed E-state index contributed by atoms with van der Waals surface area (Å²) in [6.45, 7) is 1.61. The number of hydrogen-bond acceptors (Lipinski definition) is 5. The molecule has 140 valence electrons. The number of methoxy groups -OCH3 is 2. The van der Waals surface area contributed by atoms with Crippen LogP contribution in [-0.4, -0.2) is 37.5 Å². The van der Waals surface area contributed by atoms with E-state index >= 15 is 0 Å². The van der Waals surface area contributed by atoms with Crippen molar-refractivity contribution in [2.75, 3.05) is 32.2 Å². The van der Waals surface area contributed by atoms with Gasteiger partial charge in [0.2, 0.25) is 0 Å². The number of fused-ring (bicyclic) bond motifs is 1. The van der Waals surface area contributed by atoms with E-state index in [1.807, 2.05) is 24.3 Å². The maximum atomic E-state index is 14.1. The zero-order valence-corrected chi connectivity index (χ0v) is 15.5. The third-order valence-electron chi connectivity index (χ3n) is 5.29. The third kappa shape index (κ3) is 3.27. The van der Waals surface area contributed by atoms with Crippen LogP contribution in [0.3, 0.4) is 0 Å². The lowest BCUT2D eigenvalue weighted by molar-refractivity contribution is 0.356. The molecule has 0 spiro atoms. The molecule has 1 saturated heterocycles. The molecule has 27 heavy (non-hydrogen) atoms. The van der Waals surface area contributed by atoms with Crippen molar-refractivity contribution in [1.82, 2.24) is 10.2 Å². The number of halogens is 1. The molecular weight excluding hydrogens is 345 g/mol. The number of rotatable bonds is 4. The summed E-state index contributed by atoms with van der Waals surface area (Å²) in [7, 11) is 3.24. The fourth-order valence-electron chi connectivity index (χ4n) is 3.84. The number of ether oxygens (including phenoxy) is 2. The fourth-order valence-corrected chi connectivity index (χ4v) is 3.84. The van der Waals surface area contributed by atoms with Crippen LogP contribution in [0.25, 0.3) is 10.8 Å². The largest absolute Gasteiger partial charge is 0.493 e. The Morgan fingerprint density at radius 1 is 1.04 bits per heavy atom. The highest BCUT2D eigenvalue weighted by Crippen LogP contribution is 2.37. The second-order valence-electron chi connectivity index (χ2n) is 6.75. The van der Waals surface area contributed by atoms with Crippen LogP contribution in [0.15, 0.2) is 42.6 Å². The summed E-state index contributed by atoms with van der Waals surface area (Å²) >= 11 is 0. The Balaban J connectivity index is 1.61. The summed E-state index contributed by atoms with van der Waals surface area (Å²) in [4.78, 5) is 2.22. The highest BCUT2D eigenvalue weighted by Gasteiger charge is 2.25. The number of hydrogen-bond donors (Lipinski definition) is 0. The standard InChI is InChI=1S/C21H22FN3O2/c1-26-19-11-15-13-23-24-21(17(15)12-20(19)27-2)25-9-7-14(8-10-25)16-5-3-4-6-18(16)22/h3-6,11-14H,7-10H2,1-2H3. The molecule has 3 aromatic rings. The Morgan fingerprint density at radius 3 is 2.44 bits per heavy atom. The molecule has 4 rings (SSSR count). The highest BCUT2D eigenvalue weighted by atomic mass is 19.1. The Hall–Kier alpha value is -2.89. The first-order chi connectivity index (χ1) is 13.2. The second kappa shape index (κ2) is 7.39. The molecule has 0 atom stereocenters. The Labute approximate surface area is 157 Å². The van der Waals surface area contributed by atoms with Gasteiger partial charge in [-0.1, -0.05) is 18.2 Å². The van der Waals surface area contributed by atoms with E-state index in [9.17, 15) is 4.39 Å². The molecule has 0 aliphatic carbocycles. The van der Waals surface area contributed by atoms with Gasteiger partial charge >= 0.3 is 0 Å². The Kier molecular flexibility index (Phi) is 4.79. The van der Waals surface area contributed by atoms with E-state index in [0.717, 1.165) is 48.1 Å². The lowest BCUT2D eigenvalue weighted by Crippen LogP contribution is -2.34. The number of benzene rings is 2. The monoisotopic (exact) mass is 367 g/mol. The number of anilines is 1. The van der Waals surface area contributed by atoms with Crippen LogP contribution in [-0.2, 0) is 0 Å². The van der Waals surface area contributed by atoms with E-state index in [1.54, 1.807) is 26.5 Å². The molecule has 5 nitrogen and oxygen atoms in total. The van der Waals surface area contributed by atoms with Crippen molar-refractivity contribution in [1.29, 1.82) is 0 Å². The molecule has 0 amide bonds. The molecule has 1 aliphatic heterocycles. The number of nitrogens with zero attached hydrogens (tertiary/aromatic N) is 3. The van der Waals surface area contributed by atoms with Crippen LogP contribution < -0.4 is 14.4 Å². The van der Waals surface area contributed by atoms with E-state index in [-0.39, 0.29) is 11.7 Å². The van der Waals surface area contributed by atoms with Gasteiger partial charge in [-0.05, 0) is 42.5 Å². The van der Waals surface area contributed by atoms with Crippen LogP contribution in [0.5, 0.6) is 11.5 Å². The van der Waals surface area contributed by atoms with Gasteiger partial charge in [0.25, 0.3) is 0 Å². The van der Waals surface area contributed by atoms with E-state index in [4.69, 9.17) is 9.47 Å². The molecule has 0 bridgehead atoms. The lowest BCUT2D eigenvalue weighted by Gasteiger charge is -2.33. The molecular formula is C21H22FN3O2. The van der Waals surface area contributed by atoms with Crippen molar-refractivity contribution < 1.29 is 13.9 Å². The molecule has 1 fully saturated rings. The fraction of sp³-hybridized carbons (Fsp3) is 0.333. The minimum Gasteiger partial charge on any atom is -0.493 e. The van der Waals surface area contributed by atoms with Gasteiger partial charge in [-0.25, -0.2) is 4.39 Å². The first-order valence-corrected chi connectivity index (χ1v) is 9.08. The summed E-state index contributed by atoms with van der Waals surface area (Å²) in [5.74, 6) is 2.29. The van der Waals surface area contributed by atoms with Gasteiger partial charge in [-0.3, -0.25) is 0 Å². The van der Waals surface area contributed by atoms with E-state index < -0.39 is 0 Å². The van der Waals surface area contributed by atoms with E-state index in [2.05, 4.69) is 15.1 Å². The van der Waals surface area contributed by atoms with Gasteiger partial charge in [0.1, 0.15) is 5.82 Å². The highest BCUT2D eigenvalue weighted by molar-refractivity contribution is 5.94. The van der Waals surface area contributed by atoms with Crippen molar-refractivity contribution in [3.8, 4) is 11.5 Å². The summed E-state index contributed by atoms with van der Waals surface area (Å²) in [6, 6.07) is 10.9. The van der Waals surface area contributed by atoms with Crippen LogP contribution in [0.1, 0.15) is 24.3 Å². The van der Waals surface area contributed by atoms with Crippen LogP contribution in [0, 0.1) is 5.82 Å². The predicted molar refractivity (Wildman–Crippen MR) is 103 cm³/mol. The molecule has 0 unspecified atom stereocenters. The van der Waals surface area contributed by atoms with E-state index in [1.165, 1.54) is 6.07 Å². The third-order valence-corrected chi connectivity index (χ3v) is 5.29. The molecule has 2 heterocycles. The molecule has 0 radical (unpaired) electrons. The second-order valence-corrected chi connectivity index (χ2v) is 6.75. The Bertz CT molecular complexity index is 955. The lowest BCUT2D eigenvalue weighted by atomic mass is 9.89. The minimum absolute atomic E-state index is 0.113. The molecule has 1 aromatic heterocycles. The van der Waals surface area contributed by atoms with Crippen LogP contribution >= 0.6 is 0 Å². The topological polar surface area (TPSA) is 47.5 Å². The molecule has 2 aromatic carbocycles. The molecule has 6 heteroatoms. The maximum Gasteiger partial charge on any atom is 0.161 e. The van der Waals surface area contributed by atoms with Gasteiger partial charge in [0.05, 0.1) is 20.4 Å². The maximum absolute atomic E-state index is 14.1. The van der Waals surface area contributed by atoms with Gasteiger partial charge in [-0.15, -0.1) is 5.10 Å². The SMILES string of the molecule is COc1cc2cnnc(N3CCC(c4ccccc4F)CC3)c2cc1OC.